The molecule has 130 valence electrons. The smallest absolute Gasteiger partial charge is 0.367 e. The van der Waals surface area contributed by atoms with E-state index in [1.807, 2.05) is 0 Å². The molecule has 0 amide bonds. The van der Waals surface area contributed by atoms with E-state index in [9.17, 15) is 27.0 Å². The summed E-state index contributed by atoms with van der Waals surface area (Å²) in [6, 6.07) is 12.6. The fourth-order valence-corrected chi connectivity index (χ4v) is 2.43. The summed E-state index contributed by atoms with van der Waals surface area (Å²) in [5, 5.41) is 9.52. The fourth-order valence-electron chi connectivity index (χ4n) is 1.81. The van der Waals surface area contributed by atoms with Crippen LogP contribution < -0.4 is 0 Å². The third kappa shape index (κ3) is 4.29. The molecule has 10 heteroatoms. The molecule has 0 aliphatic carbocycles. The molecule has 0 saturated carbocycles. The van der Waals surface area contributed by atoms with Gasteiger partial charge in [-0.3, -0.25) is 0 Å². The lowest BCUT2D eigenvalue weighted by Crippen LogP contribution is -2.25. The molecule has 0 bridgehead atoms. The van der Waals surface area contributed by atoms with Crippen LogP contribution in [0.2, 0.25) is 5.02 Å². The van der Waals surface area contributed by atoms with Crippen molar-refractivity contribution in [3.63, 3.8) is 0 Å². The summed E-state index contributed by atoms with van der Waals surface area (Å²) in [6.07, 6.45) is 0. The second-order valence-electron chi connectivity index (χ2n) is 4.63. The number of hydrogen-bond donors (Lipinski definition) is 0. The predicted molar refractivity (Wildman–Crippen MR) is 85.9 cm³/mol. The summed E-state index contributed by atoms with van der Waals surface area (Å²) in [5.74, 6) is -0.789. The molecule has 0 atom stereocenters. The Balaban J connectivity index is 2.70. The van der Waals surface area contributed by atoms with Crippen molar-refractivity contribution in [1.29, 1.82) is 5.39 Å². The van der Waals surface area contributed by atoms with Gasteiger partial charge >= 0.3 is 21.3 Å². The zero-order valence-electron chi connectivity index (χ0n) is 12.2. The highest BCUT2D eigenvalue weighted by Crippen LogP contribution is 2.35. The Morgan fingerprint density at radius 3 is 2.04 bits per heavy atom. The van der Waals surface area contributed by atoms with E-state index in [2.05, 4.69) is 9.16 Å². The second-order valence-corrected chi connectivity index (χ2v) is 6.61. The van der Waals surface area contributed by atoms with E-state index in [4.69, 9.17) is 11.6 Å². The van der Waals surface area contributed by atoms with Gasteiger partial charge in [0.15, 0.2) is 4.98 Å². The molecule has 0 aromatic heterocycles. The third-order valence-electron chi connectivity index (χ3n) is 2.95. The monoisotopic (exact) mass is 389 g/mol. The molecule has 2 rings (SSSR count). The largest absolute Gasteiger partial charge is 0.534 e. The Bertz CT molecular complexity index is 935. The van der Waals surface area contributed by atoms with Crippen LogP contribution in [0.3, 0.4) is 0 Å². The lowest BCUT2D eigenvalue weighted by Gasteiger charge is -2.11. The number of halogens is 4. The number of hydrogen-bond acceptors (Lipinski definition) is 4. The molecule has 2 aromatic rings. The van der Waals surface area contributed by atoms with E-state index in [1.54, 1.807) is 6.07 Å². The van der Waals surface area contributed by atoms with Crippen molar-refractivity contribution in [2.75, 3.05) is 0 Å². The molecule has 0 N–H and O–H groups in total. The van der Waals surface area contributed by atoms with Crippen molar-refractivity contribution in [3.8, 4) is 0 Å². The standard InChI is InChI=1S/C15H9ClF3N2O3S/c16-12-8-6-11(7-9-12)14(24-25(22,23)15(17,18)19)13(21-20)10-4-2-1-3-5-10/h1-9H/q+1/b14-13+. The highest BCUT2D eigenvalue weighted by molar-refractivity contribution is 7.87. The minimum absolute atomic E-state index is 0.0751. The zero-order valence-corrected chi connectivity index (χ0v) is 13.8. The van der Waals surface area contributed by atoms with Crippen molar-refractivity contribution >= 4 is 33.2 Å². The minimum atomic E-state index is -5.98. The first-order valence-electron chi connectivity index (χ1n) is 6.57. The summed E-state index contributed by atoms with van der Waals surface area (Å²) >= 11 is 5.72. The quantitative estimate of drug-likeness (QED) is 0.245. The van der Waals surface area contributed by atoms with Crippen molar-refractivity contribution in [3.05, 3.63) is 75.7 Å². The molecule has 0 unspecified atom stereocenters. The van der Waals surface area contributed by atoms with E-state index in [-0.39, 0.29) is 16.1 Å². The first-order valence-corrected chi connectivity index (χ1v) is 8.36. The molecule has 0 heterocycles. The maximum absolute atomic E-state index is 12.7. The van der Waals surface area contributed by atoms with Crippen LogP contribution >= 0.6 is 11.6 Å². The molecule has 0 aliphatic heterocycles. The van der Waals surface area contributed by atoms with Gasteiger partial charge in [0.2, 0.25) is 11.2 Å². The molecule has 0 aliphatic rings. The third-order valence-corrected chi connectivity index (χ3v) is 4.15. The van der Waals surface area contributed by atoms with Crippen LogP contribution in [0.25, 0.3) is 16.4 Å². The molecule has 5 nitrogen and oxygen atoms in total. The van der Waals surface area contributed by atoms with Crippen LogP contribution in [0.1, 0.15) is 11.1 Å². The van der Waals surface area contributed by atoms with Crippen LogP contribution in [0.5, 0.6) is 0 Å². The number of alkyl halides is 3. The first-order chi connectivity index (χ1) is 11.7. The first kappa shape index (κ1) is 18.8. The van der Waals surface area contributed by atoms with E-state index in [1.165, 1.54) is 48.5 Å². The molecule has 25 heavy (non-hydrogen) atoms. The fraction of sp³-hybridized carbons (Fsp3) is 0.0667. The van der Waals surface area contributed by atoms with Gasteiger partial charge in [0, 0.05) is 10.6 Å². The van der Waals surface area contributed by atoms with Crippen molar-refractivity contribution in [1.82, 2.24) is 0 Å². The predicted octanol–water partition coefficient (Wildman–Crippen LogP) is 4.89. The van der Waals surface area contributed by atoms with E-state index >= 15 is 0 Å². The minimum Gasteiger partial charge on any atom is -0.367 e. The van der Waals surface area contributed by atoms with Crippen LogP contribution in [0.4, 0.5) is 13.2 Å². The molecule has 0 fully saturated rings. The Hall–Kier alpha value is -2.57. The Kier molecular flexibility index (Phi) is 5.35. The molecule has 0 saturated heterocycles. The lowest BCUT2D eigenvalue weighted by molar-refractivity contribution is -0.0509. The van der Waals surface area contributed by atoms with Crippen molar-refractivity contribution < 1.29 is 25.8 Å². The average Bonchev–Trinajstić information content (AvgIpc) is 2.55. The molecular formula is C15H9ClF3N2O3S+. The Morgan fingerprint density at radius 1 is 1.00 bits per heavy atom. The van der Waals surface area contributed by atoms with Gasteiger partial charge in [0.05, 0.1) is 5.56 Å². The van der Waals surface area contributed by atoms with Gasteiger partial charge < -0.3 is 4.18 Å². The zero-order chi connectivity index (χ0) is 18.7. The molecule has 2 aromatic carbocycles. The summed E-state index contributed by atoms with van der Waals surface area (Å²) in [7, 11) is -5.98. The maximum Gasteiger partial charge on any atom is 0.534 e. The summed E-state index contributed by atoms with van der Waals surface area (Å²) in [4.78, 5) is 2.91. The maximum atomic E-state index is 12.7. The van der Waals surface area contributed by atoms with Gasteiger partial charge in [-0.05, 0) is 36.4 Å². The highest BCUT2D eigenvalue weighted by Gasteiger charge is 2.50. The van der Waals surface area contributed by atoms with Crippen LogP contribution in [-0.4, -0.2) is 13.9 Å². The number of diazo groups is 1. The van der Waals surface area contributed by atoms with Gasteiger partial charge in [-0.1, -0.05) is 29.8 Å². The van der Waals surface area contributed by atoms with Crippen LogP contribution in [-0.2, 0) is 14.3 Å². The van der Waals surface area contributed by atoms with Gasteiger partial charge in [-0.15, -0.1) is 0 Å². The molecular weight excluding hydrogens is 381 g/mol. The Labute approximate surface area is 146 Å². The lowest BCUT2D eigenvalue weighted by atomic mass is 10.1. The molecule has 0 spiro atoms. The van der Waals surface area contributed by atoms with Gasteiger partial charge in [0.25, 0.3) is 0 Å². The summed E-state index contributed by atoms with van der Waals surface area (Å²) in [6.45, 7) is 0. The second kappa shape index (κ2) is 7.13. The Morgan fingerprint density at radius 2 is 1.56 bits per heavy atom. The summed E-state index contributed by atoms with van der Waals surface area (Å²) < 4.78 is 65.2. The molecule has 0 radical (unpaired) electrons. The van der Waals surface area contributed by atoms with Crippen molar-refractivity contribution in [2.24, 2.45) is 0 Å². The van der Waals surface area contributed by atoms with Gasteiger partial charge in [-0.25, -0.2) is 0 Å². The normalized spacial score (nSPS) is 12.9. The number of nitrogens with zero attached hydrogens (tertiary/aromatic N) is 2. The SMILES string of the molecule is N#[N+]/C(=C(/OS(=O)(=O)C(F)(F)F)c1ccc(Cl)cc1)c1ccccc1. The summed E-state index contributed by atoms with van der Waals surface area (Å²) in [5.41, 5.74) is -6.07. The number of rotatable bonds is 4. The van der Waals surface area contributed by atoms with Crippen LogP contribution in [0, 0.1) is 5.39 Å². The van der Waals surface area contributed by atoms with Gasteiger partial charge in [0.1, 0.15) is 0 Å². The highest BCUT2D eigenvalue weighted by atomic mass is 35.5. The van der Waals surface area contributed by atoms with Gasteiger partial charge in [-0.2, -0.15) is 21.6 Å². The van der Waals surface area contributed by atoms with Crippen molar-refractivity contribution in [2.45, 2.75) is 5.51 Å². The van der Waals surface area contributed by atoms with Crippen LogP contribution in [0.15, 0.2) is 54.6 Å². The van der Waals surface area contributed by atoms with E-state index in [0.29, 0.717) is 0 Å². The number of benzene rings is 2. The van der Waals surface area contributed by atoms with E-state index in [0.717, 1.165) is 0 Å². The van der Waals surface area contributed by atoms with E-state index < -0.39 is 27.1 Å². The average molecular weight is 390 g/mol. The topological polar surface area (TPSA) is 71.5 Å².